The van der Waals surface area contributed by atoms with Crippen LogP contribution in [-0.4, -0.2) is 0 Å². The smallest absolute Gasteiger partial charge is 0.192 e. The van der Waals surface area contributed by atoms with E-state index in [4.69, 9.17) is 35.9 Å². The Labute approximate surface area is 84.6 Å². The summed E-state index contributed by atoms with van der Waals surface area (Å²) in [5, 5.41) is 17.6. The lowest BCUT2D eigenvalue weighted by molar-refractivity contribution is 1.51. The quantitative estimate of drug-likeness (QED) is 0.445. The normalized spacial score (nSPS) is 8.00. The van der Waals surface area contributed by atoms with Crippen molar-refractivity contribution in [3.05, 3.63) is 37.8 Å². The van der Waals surface area contributed by atoms with Crippen LogP contribution >= 0.6 is 12.2 Å². The highest BCUT2D eigenvalue weighted by Gasteiger charge is 2.18. The van der Waals surface area contributed by atoms with E-state index in [1.54, 1.807) is 12.1 Å². The molecule has 0 aliphatic carbocycles. The van der Waals surface area contributed by atoms with Gasteiger partial charge in [0.2, 0.25) is 0 Å². The number of hydrogen-bond donors (Lipinski definition) is 0. The minimum atomic E-state index is -0.173. The maximum Gasteiger partial charge on any atom is 0.528 e. The van der Waals surface area contributed by atoms with Crippen molar-refractivity contribution in [2.45, 2.75) is 0 Å². The van der Waals surface area contributed by atoms with Crippen molar-refractivity contribution in [1.82, 2.24) is 0 Å². The SMILES string of the molecule is [C-]#[N+]C([N+]#[C-])=c1c(=S)c1=C(C#N)C#N. The van der Waals surface area contributed by atoms with E-state index >= 15 is 0 Å². The lowest BCUT2D eigenvalue weighted by atomic mass is 10.3. The molecule has 0 radical (unpaired) electrons. The molecule has 62 valence electrons. The van der Waals surface area contributed by atoms with Crippen molar-refractivity contribution in [3.63, 3.8) is 0 Å². The first kappa shape index (κ1) is 9.62. The second kappa shape index (κ2) is 3.50. The largest absolute Gasteiger partial charge is 0.528 e. The molecular formula is C9N4S. The first-order valence-electron chi connectivity index (χ1n) is 3.30. The lowest BCUT2D eigenvalue weighted by Crippen LogP contribution is -2.02. The Kier molecular flexibility index (Phi) is 2.40. The topological polar surface area (TPSA) is 56.3 Å². The summed E-state index contributed by atoms with van der Waals surface area (Å²) in [5.74, 6) is -0.173. The Morgan fingerprint density at radius 2 is 1.64 bits per heavy atom. The van der Waals surface area contributed by atoms with Gasteiger partial charge in [-0.2, -0.15) is 20.2 Å². The van der Waals surface area contributed by atoms with Crippen molar-refractivity contribution in [2.75, 3.05) is 0 Å². The molecule has 0 spiro atoms. The van der Waals surface area contributed by atoms with E-state index in [1.165, 1.54) is 0 Å². The molecule has 0 aromatic heterocycles. The summed E-state index contributed by atoms with van der Waals surface area (Å²) in [6.07, 6.45) is 0. The van der Waals surface area contributed by atoms with Crippen molar-refractivity contribution < 1.29 is 0 Å². The molecule has 14 heavy (non-hydrogen) atoms. The van der Waals surface area contributed by atoms with Crippen molar-refractivity contribution in [3.8, 4) is 12.1 Å². The zero-order valence-electron chi connectivity index (χ0n) is 6.70. The second-order valence-corrected chi connectivity index (χ2v) is 2.63. The summed E-state index contributed by atoms with van der Waals surface area (Å²) in [6.45, 7) is 13.3. The molecule has 0 bridgehead atoms. The van der Waals surface area contributed by atoms with E-state index in [1.807, 2.05) is 0 Å². The van der Waals surface area contributed by atoms with E-state index in [0.717, 1.165) is 0 Å². The van der Waals surface area contributed by atoms with E-state index in [9.17, 15) is 0 Å². The Hall–Kier alpha value is -2.47. The molecule has 0 aliphatic rings. The third-order valence-corrected chi connectivity index (χ3v) is 1.96. The Morgan fingerprint density at radius 1 is 1.14 bits per heavy atom. The molecular weight excluding hydrogens is 196 g/mol. The molecule has 1 aromatic rings. The molecule has 0 saturated carbocycles. The van der Waals surface area contributed by atoms with Gasteiger partial charge in [-0.15, -0.1) is 0 Å². The highest BCUT2D eigenvalue weighted by Crippen LogP contribution is 1.98. The fourth-order valence-electron chi connectivity index (χ4n) is 0.896. The highest BCUT2D eigenvalue weighted by molar-refractivity contribution is 7.71. The van der Waals surface area contributed by atoms with Gasteiger partial charge in [0.1, 0.15) is 30.9 Å². The van der Waals surface area contributed by atoms with Gasteiger partial charge in [-0.3, -0.25) is 0 Å². The fourth-order valence-corrected chi connectivity index (χ4v) is 1.24. The monoisotopic (exact) mass is 196 g/mol. The van der Waals surface area contributed by atoms with Crippen LogP contribution in [0.25, 0.3) is 21.1 Å². The van der Waals surface area contributed by atoms with Gasteiger partial charge in [-0.1, -0.05) is 12.2 Å². The van der Waals surface area contributed by atoms with E-state index in [2.05, 4.69) is 9.69 Å². The minimum Gasteiger partial charge on any atom is -0.192 e. The van der Waals surface area contributed by atoms with Crippen LogP contribution in [0.4, 0.5) is 0 Å². The van der Waals surface area contributed by atoms with Crippen LogP contribution in [0.3, 0.4) is 0 Å². The van der Waals surface area contributed by atoms with Crippen molar-refractivity contribution in [2.24, 2.45) is 0 Å². The first-order valence-corrected chi connectivity index (χ1v) is 3.70. The van der Waals surface area contributed by atoms with Gasteiger partial charge in [0, 0.05) is 5.22 Å². The molecule has 4 nitrogen and oxygen atoms in total. The standard InChI is InChI=1S/C9N4S/c1-12-9(13-2)7-6(8(7)14)5(3-10)4-11. The highest BCUT2D eigenvalue weighted by atomic mass is 32.1. The maximum absolute atomic E-state index is 8.53. The van der Waals surface area contributed by atoms with Gasteiger partial charge in [-0.25, -0.2) is 0 Å². The van der Waals surface area contributed by atoms with Crippen LogP contribution in [0.1, 0.15) is 0 Å². The molecule has 5 heteroatoms. The van der Waals surface area contributed by atoms with Crippen molar-refractivity contribution in [1.29, 1.82) is 10.5 Å². The number of rotatable bonds is 0. The zero-order chi connectivity index (χ0) is 10.7. The average molecular weight is 196 g/mol. The van der Waals surface area contributed by atoms with Gasteiger partial charge in [-0.05, 0) is 0 Å². The third kappa shape index (κ3) is 1.25. The maximum atomic E-state index is 8.53. The van der Waals surface area contributed by atoms with Crippen LogP contribution < -0.4 is 10.4 Å². The number of nitriles is 2. The Balaban J connectivity index is 3.80. The molecule has 0 heterocycles. The van der Waals surface area contributed by atoms with Crippen LogP contribution in [0.5, 0.6) is 0 Å². The summed E-state index contributed by atoms with van der Waals surface area (Å²) in [4.78, 5) is 5.91. The number of hydrogen-bond acceptors (Lipinski definition) is 3. The van der Waals surface area contributed by atoms with E-state index in [-0.39, 0.29) is 26.3 Å². The fraction of sp³-hybridized carbons (Fsp3) is 0. The predicted octanol–water partition coefficient (Wildman–Crippen LogP) is 0.394. The predicted molar refractivity (Wildman–Crippen MR) is 50.1 cm³/mol. The summed E-state index contributed by atoms with van der Waals surface area (Å²) in [6, 6.07) is 3.34. The van der Waals surface area contributed by atoms with Crippen molar-refractivity contribution >= 4 is 23.6 Å². The van der Waals surface area contributed by atoms with Crippen LogP contribution in [-0.2, 0) is 0 Å². The first-order chi connectivity index (χ1) is 6.71. The molecule has 1 rings (SSSR count). The van der Waals surface area contributed by atoms with Crippen LogP contribution in [0, 0.1) is 40.3 Å². The van der Waals surface area contributed by atoms with E-state index < -0.39 is 0 Å². The number of nitrogens with zero attached hydrogens (tertiary/aromatic N) is 4. The molecule has 0 saturated heterocycles. The third-order valence-electron chi connectivity index (χ3n) is 1.55. The Bertz CT molecular complexity index is 596. The second-order valence-electron chi connectivity index (χ2n) is 2.22. The summed E-state index contributed by atoms with van der Waals surface area (Å²) < 4.78 is 0.283. The molecule has 0 fully saturated rings. The molecule has 0 aliphatic heterocycles. The summed E-state index contributed by atoms with van der Waals surface area (Å²) in [7, 11) is 0. The molecule has 1 aromatic carbocycles. The van der Waals surface area contributed by atoms with Gasteiger partial charge in [0.15, 0.2) is 0 Å². The van der Waals surface area contributed by atoms with Crippen LogP contribution in [0.2, 0.25) is 0 Å². The van der Waals surface area contributed by atoms with Gasteiger partial charge >= 0.3 is 5.82 Å². The molecule has 0 amide bonds. The zero-order valence-corrected chi connectivity index (χ0v) is 7.51. The molecule has 0 atom stereocenters. The van der Waals surface area contributed by atoms with Gasteiger partial charge < -0.3 is 0 Å². The van der Waals surface area contributed by atoms with Gasteiger partial charge in [0.25, 0.3) is 0 Å². The van der Waals surface area contributed by atoms with Gasteiger partial charge in [0.05, 0.1) is 9.73 Å². The van der Waals surface area contributed by atoms with Crippen LogP contribution in [0.15, 0.2) is 0 Å². The Morgan fingerprint density at radius 3 is 2.00 bits per heavy atom. The molecule has 0 N–H and O–H groups in total. The minimum absolute atomic E-state index is 0.130. The summed E-state index contributed by atoms with van der Waals surface area (Å²) >= 11 is 4.80. The average Bonchev–Trinajstić information content (AvgIpc) is 2.83. The molecule has 0 unspecified atom stereocenters. The summed E-state index contributed by atoms with van der Waals surface area (Å²) in [5.41, 5.74) is -0.130. The van der Waals surface area contributed by atoms with E-state index in [0.29, 0.717) is 0 Å². The lowest BCUT2D eigenvalue weighted by Gasteiger charge is -1.66.